The number of aromatic nitrogens is 2. The molecule has 0 saturated heterocycles. The smallest absolute Gasteiger partial charge is 0.200 e. The van der Waals surface area contributed by atoms with Gasteiger partial charge < -0.3 is 0 Å². The monoisotopic (exact) mass is 394 g/mol. The summed E-state index contributed by atoms with van der Waals surface area (Å²) in [5, 5.41) is 8.01. The first kappa shape index (κ1) is 19.5. The molecule has 0 spiro atoms. The van der Waals surface area contributed by atoms with Crippen molar-refractivity contribution in [2.24, 2.45) is 5.10 Å². The Bertz CT molecular complexity index is 1020. The summed E-state index contributed by atoms with van der Waals surface area (Å²) in [6.45, 7) is 4.00. The lowest BCUT2D eigenvalue weighted by molar-refractivity contribution is 0.381. The molecule has 0 amide bonds. The number of aryl methyl sites for hydroxylation is 1. The van der Waals surface area contributed by atoms with Crippen LogP contribution >= 0.6 is 0 Å². The Morgan fingerprint density at radius 3 is 2.11 bits per heavy atom. The molecule has 0 fully saturated rings. The first-order valence-corrected chi connectivity index (χ1v) is 8.19. The van der Waals surface area contributed by atoms with Crippen LogP contribution in [0.4, 0.5) is 27.6 Å². The van der Waals surface area contributed by atoms with Gasteiger partial charge in [0, 0.05) is 11.3 Å². The molecule has 1 N–H and O–H groups in total. The van der Waals surface area contributed by atoms with Gasteiger partial charge in [0.15, 0.2) is 23.3 Å². The molecular weight excluding hydrogens is 379 g/mol. The third-order valence-electron chi connectivity index (χ3n) is 4.19. The third kappa shape index (κ3) is 3.60. The van der Waals surface area contributed by atoms with Crippen molar-refractivity contribution in [1.82, 2.24) is 9.78 Å². The molecular formula is C19H15F5N4. The first-order valence-electron chi connectivity index (χ1n) is 8.19. The quantitative estimate of drug-likeness (QED) is 0.224. The number of rotatable bonds is 5. The fourth-order valence-corrected chi connectivity index (χ4v) is 2.67. The molecule has 28 heavy (non-hydrogen) atoms. The SMILES string of the molecule is Cc1nn(Cc2ccccc2)c(C)c1/C=N/Nc1c(F)c(F)c(F)c(F)c1F. The second kappa shape index (κ2) is 7.79. The van der Waals surface area contributed by atoms with Crippen LogP contribution in [0.25, 0.3) is 0 Å². The number of halogens is 5. The summed E-state index contributed by atoms with van der Waals surface area (Å²) in [6, 6.07) is 9.58. The van der Waals surface area contributed by atoms with Crippen LogP contribution in [-0.4, -0.2) is 16.0 Å². The maximum absolute atomic E-state index is 13.7. The Hall–Kier alpha value is -3.23. The molecule has 0 aliphatic carbocycles. The summed E-state index contributed by atoms with van der Waals surface area (Å²) >= 11 is 0. The van der Waals surface area contributed by atoms with Crippen molar-refractivity contribution in [2.75, 3.05) is 5.43 Å². The molecule has 146 valence electrons. The molecule has 0 bridgehead atoms. The van der Waals surface area contributed by atoms with Crippen LogP contribution in [0.2, 0.25) is 0 Å². The largest absolute Gasteiger partial charge is 0.272 e. The Morgan fingerprint density at radius 1 is 0.929 bits per heavy atom. The van der Waals surface area contributed by atoms with Crippen LogP contribution in [0.1, 0.15) is 22.5 Å². The third-order valence-corrected chi connectivity index (χ3v) is 4.19. The van der Waals surface area contributed by atoms with Crippen molar-refractivity contribution in [3.05, 3.63) is 81.9 Å². The van der Waals surface area contributed by atoms with Gasteiger partial charge in [-0.3, -0.25) is 10.1 Å². The molecule has 3 rings (SSSR count). The lowest BCUT2D eigenvalue weighted by Gasteiger charge is -2.07. The summed E-state index contributed by atoms with van der Waals surface area (Å²) in [4.78, 5) is 0. The van der Waals surface area contributed by atoms with E-state index in [0.717, 1.165) is 11.3 Å². The normalized spacial score (nSPS) is 11.4. The van der Waals surface area contributed by atoms with E-state index < -0.39 is 34.8 Å². The number of nitrogens with one attached hydrogen (secondary N) is 1. The van der Waals surface area contributed by atoms with Gasteiger partial charge in [-0.1, -0.05) is 30.3 Å². The summed E-state index contributed by atoms with van der Waals surface area (Å²) in [5.41, 5.74) is 3.57. The van der Waals surface area contributed by atoms with Crippen molar-refractivity contribution < 1.29 is 22.0 Å². The molecule has 0 aliphatic rings. The van der Waals surface area contributed by atoms with Gasteiger partial charge >= 0.3 is 0 Å². The van der Waals surface area contributed by atoms with Crippen LogP contribution in [-0.2, 0) is 6.54 Å². The van der Waals surface area contributed by atoms with Gasteiger partial charge in [0.05, 0.1) is 18.5 Å². The van der Waals surface area contributed by atoms with Gasteiger partial charge in [-0.2, -0.15) is 10.2 Å². The summed E-state index contributed by atoms with van der Waals surface area (Å²) < 4.78 is 68.6. The van der Waals surface area contributed by atoms with Crippen molar-refractivity contribution in [2.45, 2.75) is 20.4 Å². The molecule has 3 aromatic rings. The van der Waals surface area contributed by atoms with E-state index in [4.69, 9.17) is 0 Å². The molecule has 0 radical (unpaired) electrons. The number of nitrogens with zero attached hydrogens (tertiary/aromatic N) is 3. The number of anilines is 1. The van der Waals surface area contributed by atoms with Crippen LogP contribution in [0, 0.1) is 42.9 Å². The molecule has 1 aromatic heterocycles. The van der Waals surface area contributed by atoms with E-state index in [0.29, 0.717) is 17.8 Å². The van der Waals surface area contributed by atoms with Gasteiger partial charge in [-0.05, 0) is 19.4 Å². The zero-order valence-corrected chi connectivity index (χ0v) is 14.9. The molecule has 0 unspecified atom stereocenters. The fraction of sp³-hybridized carbons (Fsp3) is 0.158. The van der Waals surface area contributed by atoms with Crippen LogP contribution in [0.15, 0.2) is 35.4 Å². The van der Waals surface area contributed by atoms with Crippen molar-refractivity contribution in [3.63, 3.8) is 0 Å². The molecule has 4 nitrogen and oxygen atoms in total. The van der Waals surface area contributed by atoms with Crippen LogP contribution in [0.3, 0.4) is 0 Å². The predicted molar refractivity (Wildman–Crippen MR) is 94.7 cm³/mol. The van der Waals surface area contributed by atoms with Gasteiger partial charge in [0.2, 0.25) is 5.82 Å². The molecule has 0 aliphatic heterocycles. The average molecular weight is 394 g/mol. The van der Waals surface area contributed by atoms with E-state index in [9.17, 15) is 22.0 Å². The van der Waals surface area contributed by atoms with Crippen molar-refractivity contribution >= 4 is 11.9 Å². The highest BCUT2D eigenvalue weighted by Gasteiger charge is 2.25. The first-order chi connectivity index (χ1) is 13.3. The number of hydrazone groups is 1. The van der Waals surface area contributed by atoms with E-state index in [1.165, 1.54) is 6.21 Å². The topological polar surface area (TPSA) is 42.2 Å². The van der Waals surface area contributed by atoms with E-state index in [-0.39, 0.29) is 0 Å². The lowest BCUT2D eigenvalue weighted by atomic mass is 10.2. The summed E-state index contributed by atoms with van der Waals surface area (Å²) in [6.07, 6.45) is 1.22. The summed E-state index contributed by atoms with van der Waals surface area (Å²) in [7, 11) is 0. The van der Waals surface area contributed by atoms with E-state index in [1.807, 2.05) is 35.8 Å². The fourth-order valence-electron chi connectivity index (χ4n) is 2.67. The standard InChI is InChI=1S/C19H15F5N4/c1-10-13(11(2)28(27-10)9-12-6-4-3-5-7-12)8-25-26-19-17(23)15(21)14(20)16(22)18(19)24/h3-8,26H,9H2,1-2H3/b25-8+. The molecule has 0 atom stereocenters. The zero-order valence-electron chi connectivity index (χ0n) is 14.9. The van der Waals surface area contributed by atoms with Crippen molar-refractivity contribution in [1.29, 1.82) is 0 Å². The van der Waals surface area contributed by atoms with Gasteiger partial charge in [0.1, 0.15) is 5.69 Å². The second-order valence-corrected chi connectivity index (χ2v) is 6.04. The van der Waals surface area contributed by atoms with Crippen LogP contribution < -0.4 is 5.43 Å². The Morgan fingerprint density at radius 2 is 1.50 bits per heavy atom. The van der Waals surface area contributed by atoms with Gasteiger partial charge in [-0.15, -0.1) is 0 Å². The Kier molecular flexibility index (Phi) is 5.43. The molecule has 1 heterocycles. The average Bonchev–Trinajstić information content (AvgIpc) is 2.95. The lowest BCUT2D eigenvalue weighted by Crippen LogP contribution is -2.07. The minimum atomic E-state index is -2.22. The molecule has 2 aromatic carbocycles. The highest BCUT2D eigenvalue weighted by Crippen LogP contribution is 2.27. The van der Waals surface area contributed by atoms with Gasteiger partial charge in [-0.25, -0.2) is 22.0 Å². The van der Waals surface area contributed by atoms with Crippen LogP contribution in [0.5, 0.6) is 0 Å². The Labute approximate surface area is 157 Å². The van der Waals surface area contributed by atoms with Crippen molar-refractivity contribution in [3.8, 4) is 0 Å². The van der Waals surface area contributed by atoms with E-state index >= 15 is 0 Å². The molecule has 0 saturated carbocycles. The van der Waals surface area contributed by atoms with E-state index in [2.05, 4.69) is 10.2 Å². The maximum Gasteiger partial charge on any atom is 0.200 e. The number of hydrogen-bond acceptors (Lipinski definition) is 3. The second-order valence-electron chi connectivity index (χ2n) is 6.04. The highest BCUT2D eigenvalue weighted by molar-refractivity contribution is 5.83. The highest BCUT2D eigenvalue weighted by atomic mass is 19.2. The minimum Gasteiger partial charge on any atom is -0.272 e. The predicted octanol–water partition coefficient (Wildman–Crippen LogP) is 4.69. The maximum atomic E-state index is 13.7. The molecule has 9 heteroatoms. The number of hydrogen-bond donors (Lipinski definition) is 1. The van der Waals surface area contributed by atoms with E-state index in [1.54, 1.807) is 18.5 Å². The summed E-state index contributed by atoms with van der Waals surface area (Å²) in [5.74, 6) is -10.3. The Balaban J connectivity index is 1.85. The minimum absolute atomic E-state index is 0.506. The number of benzene rings is 2. The van der Waals surface area contributed by atoms with Gasteiger partial charge in [0.25, 0.3) is 0 Å². The zero-order chi connectivity index (χ0) is 20.4.